The molecule has 0 radical (unpaired) electrons. The first kappa shape index (κ1) is 26.6. The molecule has 196 valence electrons. The van der Waals surface area contributed by atoms with Crippen molar-refractivity contribution in [3.05, 3.63) is 81.8 Å². The van der Waals surface area contributed by atoms with Gasteiger partial charge in [-0.25, -0.2) is 14.0 Å². The summed E-state index contributed by atoms with van der Waals surface area (Å²) < 4.78 is 19.0. The number of carbonyl (C=O) groups excluding carboxylic acids is 3. The molecule has 8 nitrogen and oxygen atoms in total. The number of halogens is 2. The van der Waals surface area contributed by atoms with E-state index in [-0.39, 0.29) is 18.5 Å². The number of nitrogens with zero attached hydrogens (tertiary/aromatic N) is 3. The number of benzene rings is 2. The third-order valence-electron chi connectivity index (χ3n) is 6.60. The van der Waals surface area contributed by atoms with Crippen molar-refractivity contribution in [1.29, 1.82) is 0 Å². The second-order valence-corrected chi connectivity index (χ2v) is 9.44. The summed E-state index contributed by atoms with van der Waals surface area (Å²) in [5, 5.41) is 3.45. The molecule has 2 aliphatic rings. The van der Waals surface area contributed by atoms with Crippen molar-refractivity contribution in [2.75, 3.05) is 46.4 Å². The average molecular weight is 529 g/mol. The molecule has 2 aliphatic heterocycles. The van der Waals surface area contributed by atoms with Crippen LogP contribution < -0.4 is 5.32 Å². The topological polar surface area (TPSA) is 82.2 Å². The molecule has 37 heavy (non-hydrogen) atoms. The number of hydrogen-bond donors (Lipinski definition) is 1. The van der Waals surface area contributed by atoms with E-state index in [2.05, 4.69) is 10.2 Å². The minimum Gasteiger partial charge on any atom is -0.463 e. The highest BCUT2D eigenvalue weighted by molar-refractivity contribution is 6.30. The summed E-state index contributed by atoms with van der Waals surface area (Å²) in [4.78, 5) is 44.3. The highest BCUT2D eigenvalue weighted by atomic mass is 35.5. The van der Waals surface area contributed by atoms with Gasteiger partial charge >= 0.3 is 12.0 Å². The minimum absolute atomic E-state index is 0.196. The van der Waals surface area contributed by atoms with Crippen molar-refractivity contribution in [1.82, 2.24) is 20.0 Å². The molecular formula is C27H30ClFN4O4. The molecular weight excluding hydrogens is 499 g/mol. The number of likely N-dealkylation sites (N-methyl/N-ethyl adjacent to an activating group) is 1. The van der Waals surface area contributed by atoms with Crippen LogP contribution in [0.4, 0.5) is 9.18 Å². The molecule has 0 aliphatic carbocycles. The van der Waals surface area contributed by atoms with Gasteiger partial charge in [-0.3, -0.25) is 14.6 Å². The molecule has 1 N–H and O–H groups in total. The van der Waals surface area contributed by atoms with Gasteiger partial charge in [0.1, 0.15) is 5.82 Å². The fourth-order valence-corrected chi connectivity index (χ4v) is 4.78. The number of carbonyl (C=O) groups is 3. The molecule has 0 unspecified atom stereocenters. The van der Waals surface area contributed by atoms with E-state index in [1.165, 1.54) is 23.1 Å². The molecule has 2 aromatic carbocycles. The second kappa shape index (κ2) is 11.7. The molecule has 0 saturated carbocycles. The van der Waals surface area contributed by atoms with Gasteiger partial charge in [-0.15, -0.1) is 0 Å². The van der Waals surface area contributed by atoms with E-state index in [0.717, 1.165) is 0 Å². The summed E-state index contributed by atoms with van der Waals surface area (Å²) in [7, 11) is 1.62. The number of urea groups is 1. The summed E-state index contributed by atoms with van der Waals surface area (Å²) in [6.45, 7) is 4.41. The van der Waals surface area contributed by atoms with Crippen LogP contribution in [0.1, 0.15) is 35.3 Å². The molecule has 4 rings (SSSR count). The Morgan fingerprint density at radius 3 is 2.57 bits per heavy atom. The number of rotatable bonds is 6. The molecule has 0 spiro atoms. The molecule has 3 amide bonds. The molecule has 1 atom stereocenters. The van der Waals surface area contributed by atoms with Crippen LogP contribution in [0.3, 0.4) is 0 Å². The minimum atomic E-state index is -0.687. The highest BCUT2D eigenvalue weighted by Crippen LogP contribution is 2.32. The van der Waals surface area contributed by atoms with Crippen molar-refractivity contribution in [2.45, 2.75) is 19.4 Å². The van der Waals surface area contributed by atoms with Gasteiger partial charge in [-0.05, 0) is 49.2 Å². The Morgan fingerprint density at radius 2 is 1.86 bits per heavy atom. The maximum atomic E-state index is 13.6. The summed E-state index contributed by atoms with van der Waals surface area (Å²) in [6.07, 6.45) is 0.694. The Hall–Kier alpha value is -3.43. The lowest BCUT2D eigenvalue weighted by Gasteiger charge is -2.36. The maximum Gasteiger partial charge on any atom is 0.338 e. The first-order valence-corrected chi connectivity index (χ1v) is 12.6. The van der Waals surface area contributed by atoms with E-state index in [1.807, 2.05) is 0 Å². The predicted molar refractivity (Wildman–Crippen MR) is 138 cm³/mol. The van der Waals surface area contributed by atoms with Crippen molar-refractivity contribution >= 4 is 29.5 Å². The quantitative estimate of drug-likeness (QED) is 0.576. The highest BCUT2D eigenvalue weighted by Gasteiger charge is 2.37. The molecule has 2 heterocycles. The van der Waals surface area contributed by atoms with Gasteiger partial charge in [0.25, 0.3) is 5.91 Å². The van der Waals surface area contributed by atoms with Crippen LogP contribution in [0, 0.1) is 5.82 Å². The third kappa shape index (κ3) is 6.11. The second-order valence-electron chi connectivity index (χ2n) is 9.01. The molecule has 2 aromatic rings. The molecule has 1 saturated heterocycles. The fourth-order valence-electron chi connectivity index (χ4n) is 4.65. The zero-order chi connectivity index (χ0) is 26.5. The van der Waals surface area contributed by atoms with Crippen LogP contribution in [0.15, 0.2) is 59.8 Å². The number of hydrogen-bond acceptors (Lipinski definition) is 5. The van der Waals surface area contributed by atoms with E-state index in [9.17, 15) is 18.8 Å². The number of nitrogens with one attached hydrogen (secondary N) is 1. The van der Waals surface area contributed by atoms with E-state index in [4.69, 9.17) is 16.3 Å². The number of amides is 3. The van der Waals surface area contributed by atoms with E-state index >= 15 is 0 Å². The lowest BCUT2D eigenvalue weighted by Crippen LogP contribution is -2.49. The SMILES string of the molecule is CCOC(=O)C1=C(CN2CCCN(C(=O)c3cccc(F)c3)CC2)N(C)C(=O)N[C@@H]1c1ccc(Cl)cc1. The van der Waals surface area contributed by atoms with Crippen molar-refractivity contribution < 1.29 is 23.5 Å². The Balaban J connectivity index is 1.59. The molecule has 1 fully saturated rings. The van der Waals surface area contributed by atoms with Crippen LogP contribution in [0.2, 0.25) is 5.02 Å². The van der Waals surface area contributed by atoms with E-state index in [1.54, 1.807) is 49.2 Å². The lowest BCUT2D eigenvalue weighted by molar-refractivity contribution is -0.139. The largest absolute Gasteiger partial charge is 0.463 e. The van der Waals surface area contributed by atoms with E-state index < -0.39 is 17.8 Å². The van der Waals surface area contributed by atoms with Gasteiger partial charge in [0.2, 0.25) is 0 Å². The fraction of sp³-hybridized carbons (Fsp3) is 0.370. The Morgan fingerprint density at radius 1 is 1.11 bits per heavy atom. The zero-order valence-corrected chi connectivity index (χ0v) is 21.6. The smallest absolute Gasteiger partial charge is 0.338 e. The normalized spacial score (nSPS) is 18.9. The Labute approximate surface area is 220 Å². The van der Waals surface area contributed by atoms with Gasteiger partial charge < -0.3 is 15.0 Å². The van der Waals surface area contributed by atoms with Crippen LogP contribution in [0.25, 0.3) is 0 Å². The molecule has 0 aromatic heterocycles. The number of ether oxygens (including phenoxy) is 1. The standard InChI is InChI=1S/C27H30ClFN4O4/c1-3-37-26(35)23-22(31(2)27(36)30-24(23)18-8-10-20(28)11-9-18)17-32-12-5-13-33(15-14-32)25(34)19-6-4-7-21(29)16-19/h4,6-11,16,24H,3,5,12-15,17H2,1-2H3,(H,30,36)/t24-/m1/s1. The monoisotopic (exact) mass is 528 g/mol. The first-order chi connectivity index (χ1) is 17.8. The van der Waals surface area contributed by atoms with Crippen LogP contribution in [-0.2, 0) is 9.53 Å². The number of esters is 1. The summed E-state index contributed by atoms with van der Waals surface area (Å²) in [5.74, 6) is -1.17. The van der Waals surface area contributed by atoms with Crippen LogP contribution in [0.5, 0.6) is 0 Å². The van der Waals surface area contributed by atoms with Crippen molar-refractivity contribution in [3.63, 3.8) is 0 Å². The molecule has 10 heteroatoms. The molecule has 0 bridgehead atoms. The van der Waals surface area contributed by atoms with Crippen LogP contribution in [-0.4, -0.2) is 79.0 Å². The summed E-state index contributed by atoms with van der Waals surface area (Å²) >= 11 is 6.05. The van der Waals surface area contributed by atoms with E-state index in [0.29, 0.717) is 66.6 Å². The average Bonchev–Trinajstić information content (AvgIpc) is 3.12. The predicted octanol–water partition coefficient (Wildman–Crippen LogP) is 3.84. The van der Waals surface area contributed by atoms with Gasteiger partial charge in [0, 0.05) is 56.1 Å². The van der Waals surface area contributed by atoms with Gasteiger partial charge in [0.15, 0.2) is 0 Å². The Bertz CT molecular complexity index is 1200. The van der Waals surface area contributed by atoms with Gasteiger partial charge in [0.05, 0.1) is 18.2 Å². The van der Waals surface area contributed by atoms with Crippen molar-refractivity contribution in [3.8, 4) is 0 Å². The maximum absolute atomic E-state index is 13.6. The Kier molecular flexibility index (Phi) is 8.45. The zero-order valence-electron chi connectivity index (χ0n) is 20.9. The van der Waals surface area contributed by atoms with Gasteiger partial charge in [-0.1, -0.05) is 29.8 Å². The summed E-state index contributed by atoms with van der Waals surface area (Å²) in [5.41, 5.74) is 1.94. The third-order valence-corrected chi connectivity index (χ3v) is 6.85. The van der Waals surface area contributed by atoms with Crippen LogP contribution >= 0.6 is 11.6 Å². The van der Waals surface area contributed by atoms with Gasteiger partial charge in [-0.2, -0.15) is 0 Å². The first-order valence-electron chi connectivity index (χ1n) is 12.3. The van der Waals surface area contributed by atoms with Crippen molar-refractivity contribution in [2.24, 2.45) is 0 Å². The lowest BCUT2D eigenvalue weighted by atomic mass is 9.94. The summed E-state index contributed by atoms with van der Waals surface area (Å²) in [6, 6.07) is 11.6.